The van der Waals surface area contributed by atoms with Crippen LogP contribution < -0.4 is 5.43 Å². The summed E-state index contributed by atoms with van der Waals surface area (Å²) in [6, 6.07) is 16.2. The lowest BCUT2D eigenvalue weighted by Gasteiger charge is -1.97. The van der Waals surface area contributed by atoms with Crippen LogP contribution in [0.25, 0.3) is 22.2 Å². The number of aromatic nitrogens is 2. The fourth-order valence-corrected chi connectivity index (χ4v) is 3.78. The Kier molecular flexibility index (Phi) is 5.05. The number of anilines is 1. The molecule has 27 heavy (non-hydrogen) atoms. The summed E-state index contributed by atoms with van der Waals surface area (Å²) >= 11 is 4.97. The number of hydrazone groups is 1. The van der Waals surface area contributed by atoms with Gasteiger partial charge in [-0.1, -0.05) is 52.2 Å². The van der Waals surface area contributed by atoms with Crippen molar-refractivity contribution in [2.75, 3.05) is 5.43 Å². The minimum atomic E-state index is 0.533. The molecule has 2 aromatic heterocycles. The molecule has 2 heterocycles. The highest BCUT2D eigenvalue weighted by atomic mass is 79.9. The number of nitrogens with zero attached hydrogens (tertiary/aromatic N) is 3. The lowest BCUT2D eigenvalue weighted by atomic mass is 10.2. The van der Waals surface area contributed by atoms with E-state index in [-0.39, 0.29) is 0 Å². The normalized spacial score (nSPS) is 11.1. The monoisotopic (exact) mass is 434 g/mol. The Labute approximate surface area is 169 Å². The standard InChI is InChI=1S/C21H15BrN4S/c1-2-11-26-13-16(18-5-3-4-6-20(18)26)12-23-25-21-24-19(14-27-21)15-7-9-17(22)10-8-15/h1,3-10,12-14H,11H2,(H,24,25)/b23-12+. The van der Waals surface area contributed by atoms with Gasteiger partial charge in [0.25, 0.3) is 0 Å². The summed E-state index contributed by atoms with van der Waals surface area (Å²) in [5.74, 6) is 2.68. The van der Waals surface area contributed by atoms with Gasteiger partial charge in [0.15, 0.2) is 0 Å². The van der Waals surface area contributed by atoms with Crippen molar-refractivity contribution < 1.29 is 0 Å². The predicted molar refractivity (Wildman–Crippen MR) is 117 cm³/mol. The van der Waals surface area contributed by atoms with Crippen molar-refractivity contribution in [3.05, 3.63) is 70.1 Å². The maximum Gasteiger partial charge on any atom is 0.203 e. The van der Waals surface area contributed by atoms with Gasteiger partial charge in [0.2, 0.25) is 5.13 Å². The number of rotatable bonds is 5. The number of para-hydroxylation sites is 1. The second-order valence-electron chi connectivity index (χ2n) is 5.85. The van der Waals surface area contributed by atoms with E-state index in [0.717, 1.165) is 37.3 Å². The predicted octanol–water partition coefficient (Wildman–Crippen LogP) is 5.61. The van der Waals surface area contributed by atoms with Gasteiger partial charge in [0, 0.05) is 38.1 Å². The van der Waals surface area contributed by atoms with Crippen molar-refractivity contribution in [3.63, 3.8) is 0 Å². The molecule has 1 N–H and O–H groups in total. The van der Waals surface area contributed by atoms with Crippen molar-refractivity contribution in [3.8, 4) is 23.6 Å². The fraction of sp³-hybridized carbons (Fsp3) is 0.0476. The molecule has 4 nitrogen and oxygen atoms in total. The second kappa shape index (κ2) is 7.78. The molecule has 0 amide bonds. The number of benzene rings is 2. The molecule has 0 aliphatic heterocycles. The molecule has 0 spiro atoms. The zero-order chi connectivity index (χ0) is 18.6. The van der Waals surface area contributed by atoms with E-state index < -0.39 is 0 Å². The van der Waals surface area contributed by atoms with Gasteiger partial charge in [0.1, 0.15) is 0 Å². The minimum Gasteiger partial charge on any atom is -0.335 e. The topological polar surface area (TPSA) is 42.2 Å². The van der Waals surface area contributed by atoms with Gasteiger partial charge in [-0.15, -0.1) is 17.8 Å². The molecule has 0 saturated carbocycles. The van der Waals surface area contributed by atoms with Crippen LogP contribution in [0.4, 0.5) is 5.13 Å². The lowest BCUT2D eigenvalue weighted by molar-refractivity contribution is 0.886. The molecule has 0 fully saturated rings. The molecular weight excluding hydrogens is 420 g/mol. The van der Waals surface area contributed by atoms with Crippen molar-refractivity contribution >= 4 is 49.5 Å². The highest BCUT2D eigenvalue weighted by molar-refractivity contribution is 9.10. The minimum absolute atomic E-state index is 0.533. The van der Waals surface area contributed by atoms with Crippen LogP contribution in [0.5, 0.6) is 0 Å². The number of hydrogen-bond donors (Lipinski definition) is 1. The van der Waals surface area contributed by atoms with Crippen LogP contribution in [-0.2, 0) is 6.54 Å². The molecule has 0 aliphatic carbocycles. The molecular formula is C21H15BrN4S. The number of halogens is 1. The third-order valence-corrected chi connectivity index (χ3v) is 5.36. The number of hydrogen-bond acceptors (Lipinski definition) is 4. The molecule has 0 bridgehead atoms. The summed E-state index contributed by atoms with van der Waals surface area (Å²) in [5.41, 5.74) is 7.13. The van der Waals surface area contributed by atoms with Gasteiger partial charge in [0.05, 0.1) is 18.5 Å². The van der Waals surface area contributed by atoms with Gasteiger partial charge < -0.3 is 4.57 Å². The molecule has 132 valence electrons. The van der Waals surface area contributed by atoms with Crippen LogP contribution in [0.15, 0.2) is 69.7 Å². The Morgan fingerprint density at radius 1 is 1.22 bits per heavy atom. The molecule has 4 aromatic rings. The fourth-order valence-electron chi connectivity index (χ4n) is 2.84. The average Bonchev–Trinajstić information content (AvgIpc) is 3.29. The van der Waals surface area contributed by atoms with Gasteiger partial charge in [-0.25, -0.2) is 4.98 Å². The van der Waals surface area contributed by atoms with Gasteiger partial charge in [-0.05, 0) is 18.2 Å². The quantitative estimate of drug-likeness (QED) is 0.252. The van der Waals surface area contributed by atoms with Crippen LogP contribution in [0.3, 0.4) is 0 Å². The zero-order valence-corrected chi connectivity index (χ0v) is 16.7. The summed E-state index contributed by atoms with van der Waals surface area (Å²) in [7, 11) is 0. The van der Waals surface area contributed by atoms with E-state index in [9.17, 15) is 0 Å². The highest BCUT2D eigenvalue weighted by Gasteiger charge is 2.06. The Morgan fingerprint density at radius 2 is 2.04 bits per heavy atom. The van der Waals surface area contributed by atoms with Crippen LogP contribution in [0.2, 0.25) is 0 Å². The molecule has 2 aromatic carbocycles. The first-order valence-electron chi connectivity index (χ1n) is 8.26. The number of thiazole rings is 1. The lowest BCUT2D eigenvalue weighted by Crippen LogP contribution is -1.92. The van der Waals surface area contributed by atoms with Crippen LogP contribution in [0, 0.1) is 12.3 Å². The first-order chi connectivity index (χ1) is 13.2. The summed E-state index contributed by atoms with van der Waals surface area (Å²) in [6.45, 7) is 0.533. The second-order valence-corrected chi connectivity index (χ2v) is 7.62. The van der Waals surface area contributed by atoms with Gasteiger partial charge in [-0.2, -0.15) is 5.10 Å². The smallest absolute Gasteiger partial charge is 0.203 e. The Balaban J connectivity index is 1.53. The largest absolute Gasteiger partial charge is 0.335 e. The molecule has 0 saturated heterocycles. The van der Waals surface area contributed by atoms with E-state index in [0.29, 0.717) is 6.54 Å². The third-order valence-electron chi connectivity index (χ3n) is 4.09. The van der Waals surface area contributed by atoms with Gasteiger partial charge >= 0.3 is 0 Å². The van der Waals surface area contributed by atoms with Crippen molar-refractivity contribution in [2.45, 2.75) is 6.54 Å². The maximum absolute atomic E-state index is 5.47. The number of terminal acetylenes is 1. The Morgan fingerprint density at radius 3 is 2.85 bits per heavy atom. The van der Waals surface area contributed by atoms with E-state index in [1.807, 2.05) is 52.5 Å². The van der Waals surface area contributed by atoms with Gasteiger partial charge in [-0.3, -0.25) is 5.43 Å². The first kappa shape index (κ1) is 17.5. The molecule has 0 atom stereocenters. The first-order valence-corrected chi connectivity index (χ1v) is 9.94. The molecule has 6 heteroatoms. The highest BCUT2D eigenvalue weighted by Crippen LogP contribution is 2.26. The average molecular weight is 435 g/mol. The zero-order valence-electron chi connectivity index (χ0n) is 14.3. The SMILES string of the molecule is C#CCn1cc(/C=N/Nc2nc(-c3ccc(Br)cc3)cs2)c2ccccc21. The van der Waals surface area contributed by atoms with E-state index in [1.165, 1.54) is 11.3 Å². The van der Waals surface area contributed by atoms with Crippen LogP contribution >= 0.6 is 27.3 Å². The van der Waals surface area contributed by atoms with Crippen molar-refractivity contribution in [1.82, 2.24) is 9.55 Å². The molecule has 0 unspecified atom stereocenters. The molecule has 0 aliphatic rings. The number of fused-ring (bicyclic) bond motifs is 1. The van der Waals surface area contributed by atoms with E-state index in [1.54, 1.807) is 6.21 Å². The summed E-state index contributed by atoms with van der Waals surface area (Å²) < 4.78 is 3.10. The Bertz CT molecular complexity index is 1150. The van der Waals surface area contributed by atoms with Crippen molar-refractivity contribution in [2.24, 2.45) is 5.10 Å². The van der Waals surface area contributed by atoms with E-state index in [4.69, 9.17) is 6.42 Å². The summed E-state index contributed by atoms with van der Waals surface area (Å²) in [5, 5.41) is 8.24. The molecule has 0 radical (unpaired) electrons. The van der Waals surface area contributed by atoms with Crippen LogP contribution in [-0.4, -0.2) is 15.8 Å². The van der Waals surface area contributed by atoms with Crippen LogP contribution in [0.1, 0.15) is 5.56 Å². The Hall–Kier alpha value is -2.88. The summed E-state index contributed by atoms with van der Waals surface area (Å²) in [4.78, 5) is 4.58. The van der Waals surface area contributed by atoms with Crippen molar-refractivity contribution in [1.29, 1.82) is 0 Å². The van der Waals surface area contributed by atoms with E-state index >= 15 is 0 Å². The maximum atomic E-state index is 5.47. The third kappa shape index (κ3) is 3.80. The molecule has 4 rings (SSSR count). The van der Waals surface area contributed by atoms with E-state index in [2.05, 4.69) is 49.5 Å². The number of nitrogens with one attached hydrogen (secondary N) is 1. The summed E-state index contributed by atoms with van der Waals surface area (Å²) in [6.07, 6.45) is 9.29.